The van der Waals surface area contributed by atoms with Crippen LogP contribution >= 0.6 is 0 Å². The third kappa shape index (κ3) is 3.74. The molecule has 0 aromatic carbocycles. The molecule has 0 fully saturated rings. The fraction of sp³-hybridized carbons (Fsp3) is 0.167. The molecule has 2 aromatic rings. The summed E-state index contributed by atoms with van der Waals surface area (Å²) in [5.74, 6) is -0.927. The molecule has 20 heavy (non-hydrogen) atoms. The molecule has 1 amide bonds. The molecule has 2 aromatic heterocycles. The zero-order valence-electron chi connectivity index (χ0n) is 10.1. The highest BCUT2D eigenvalue weighted by atomic mass is 19.4. The van der Waals surface area contributed by atoms with E-state index in [0.717, 1.165) is 12.3 Å². The topological polar surface area (TPSA) is 67.8 Å². The number of nitrogens with zero attached hydrogens (tertiary/aromatic N) is 3. The van der Waals surface area contributed by atoms with Crippen LogP contribution in [0.15, 0.2) is 36.7 Å². The third-order valence-electron chi connectivity index (χ3n) is 2.27. The molecular weight excluding hydrogens is 273 g/mol. The van der Waals surface area contributed by atoms with Crippen LogP contribution in [-0.4, -0.2) is 20.9 Å². The van der Waals surface area contributed by atoms with Crippen LogP contribution in [0.1, 0.15) is 11.4 Å². The molecule has 2 heterocycles. The number of alkyl halides is 3. The van der Waals surface area contributed by atoms with E-state index in [1.807, 2.05) is 0 Å². The summed E-state index contributed by atoms with van der Waals surface area (Å²) in [5, 5.41) is 2.20. The predicted molar refractivity (Wildman–Crippen MR) is 63.6 cm³/mol. The Hall–Kier alpha value is -2.51. The Morgan fingerprint density at radius 1 is 1.15 bits per heavy atom. The number of halogens is 3. The van der Waals surface area contributed by atoms with Crippen molar-refractivity contribution < 1.29 is 18.0 Å². The van der Waals surface area contributed by atoms with Crippen molar-refractivity contribution in [2.75, 3.05) is 5.32 Å². The molecule has 0 unspecified atom stereocenters. The maximum Gasteiger partial charge on any atom is 0.433 e. The van der Waals surface area contributed by atoms with Gasteiger partial charge in [0.1, 0.15) is 5.69 Å². The largest absolute Gasteiger partial charge is 0.433 e. The molecule has 8 heteroatoms. The van der Waals surface area contributed by atoms with E-state index < -0.39 is 17.8 Å². The van der Waals surface area contributed by atoms with Crippen molar-refractivity contribution in [1.82, 2.24) is 15.0 Å². The average Bonchev–Trinajstić information content (AvgIpc) is 2.39. The number of amides is 1. The molecule has 0 aliphatic rings. The second-order valence-corrected chi connectivity index (χ2v) is 3.81. The highest BCUT2D eigenvalue weighted by Crippen LogP contribution is 2.27. The molecule has 0 saturated heterocycles. The number of pyridine rings is 1. The van der Waals surface area contributed by atoms with Crippen molar-refractivity contribution in [3.8, 4) is 0 Å². The third-order valence-corrected chi connectivity index (χ3v) is 2.27. The van der Waals surface area contributed by atoms with Gasteiger partial charge in [0.05, 0.1) is 6.42 Å². The molecule has 0 radical (unpaired) electrons. The molecular formula is C12H9F3N4O. The van der Waals surface area contributed by atoms with Gasteiger partial charge in [-0.2, -0.15) is 13.2 Å². The lowest BCUT2D eigenvalue weighted by molar-refractivity contribution is -0.141. The van der Waals surface area contributed by atoms with Crippen LogP contribution in [0.2, 0.25) is 0 Å². The minimum atomic E-state index is -4.58. The summed E-state index contributed by atoms with van der Waals surface area (Å²) < 4.78 is 37.3. The fourth-order valence-corrected chi connectivity index (χ4v) is 1.41. The molecule has 0 aliphatic heterocycles. The number of carbonyl (C=O) groups excluding carboxylic acids is 1. The van der Waals surface area contributed by atoms with Crippen molar-refractivity contribution >= 4 is 11.9 Å². The van der Waals surface area contributed by atoms with Crippen LogP contribution in [0.4, 0.5) is 19.1 Å². The number of anilines is 1. The van der Waals surface area contributed by atoms with E-state index in [-0.39, 0.29) is 12.4 Å². The van der Waals surface area contributed by atoms with E-state index in [1.165, 1.54) is 6.20 Å². The zero-order chi connectivity index (χ0) is 14.6. The van der Waals surface area contributed by atoms with Crippen LogP contribution in [-0.2, 0) is 17.4 Å². The molecule has 5 nitrogen and oxygen atoms in total. The lowest BCUT2D eigenvalue weighted by atomic mass is 10.2. The van der Waals surface area contributed by atoms with Crippen molar-refractivity contribution in [3.63, 3.8) is 0 Å². The molecule has 1 N–H and O–H groups in total. The molecule has 2 rings (SSSR count). The number of hydrogen-bond donors (Lipinski definition) is 1. The van der Waals surface area contributed by atoms with Gasteiger partial charge in [-0.3, -0.25) is 15.1 Å². The highest BCUT2D eigenvalue weighted by Gasteiger charge is 2.32. The lowest BCUT2D eigenvalue weighted by Crippen LogP contribution is -2.18. The van der Waals surface area contributed by atoms with Gasteiger partial charge in [0, 0.05) is 18.1 Å². The molecule has 0 aliphatic carbocycles. The molecule has 104 valence electrons. The average molecular weight is 282 g/mol. The maximum atomic E-state index is 12.4. The normalized spacial score (nSPS) is 11.2. The Morgan fingerprint density at radius 3 is 2.60 bits per heavy atom. The number of rotatable bonds is 3. The SMILES string of the molecule is O=C(Cc1ccccn1)Nc1nccc(C(F)(F)F)n1. The van der Waals surface area contributed by atoms with Crippen LogP contribution < -0.4 is 5.32 Å². The van der Waals surface area contributed by atoms with E-state index in [4.69, 9.17) is 0 Å². The summed E-state index contributed by atoms with van der Waals surface area (Å²) >= 11 is 0. The van der Waals surface area contributed by atoms with E-state index in [2.05, 4.69) is 20.3 Å². The Morgan fingerprint density at radius 2 is 1.95 bits per heavy atom. The van der Waals surface area contributed by atoms with Gasteiger partial charge in [-0.1, -0.05) is 6.07 Å². The minimum Gasteiger partial charge on any atom is -0.294 e. The summed E-state index contributed by atoms with van der Waals surface area (Å²) in [4.78, 5) is 22.4. The van der Waals surface area contributed by atoms with E-state index in [9.17, 15) is 18.0 Å². The predicted octanol–water partition coefficient (Wildman–Crippen LogP) is 2.07. The van der Waals surface area contributed by atoms with Crippen molar-refractivity contribution in [2.45, 2.75) is 12.6 Å². The smallest absolute Gasteiger partial charge is 0.294 e. The number of hydrogen-bond acceptors (Lipinski definition) is 4. The number of carbonyl (C=O) groups is 1. The van der Waals surface area contributed by atoms with Crippen molar-refractivity contribution in [3.05, 3.63) is 48.0 Å². The zero-order valence-corrected chi connectivity index (χ0v) is 10.1. The van der Waals surface area contributed by atoms with Gasteiger partial charge in [-0.25, -0.2) is 9.97 Å². The van der Waals surface area contributed by atoms with Gasteiger partial charge in [-0.15, -0.1) is 0 Å². The van der Waals surface area contributed by atoms with Gasteiger partial charge in [0.15, 0.2) is 0 Å². The number of aromatic nitrogens is 3. The minimum absolute atomic E-state index is 0.0690. The van der Waals surface area contributed by atoms with Crippen LogP contribution in [0.25, 0.3) is 0 Å². The van der Waals surface area contributed by atoms with Crippen molar-refractivity contribution in [1.29, 1.82) is 0 Å². The standard InChI is InChI=1S/C12H9F3N4O/c13-12(14,15)9-4-6-17-11(18-9)19-10(20)7-8-3-1-2-5-16-8/h1-6H,7H2,(H,17,18,19,20). The fourth-order valence-electron chi connectivity index (χ4n) is 1.41. The molecule has 0 spiro atoms. The Balaban J connectivity index is 2.05. The Labute approximate surface area is 111 Å². The first-order chi connectivity index (χ1) is 9.45. The quantitative estimate of drug-likeness (QED) is 0.935. The van der Waals surface area contributed by atoms with Gasteiger partial charge >= 0.3 is 6.18 Å². The highest BCUT2D eigenvalue weighted by molar-refractivity contribution is 5.90. The summed E-state index contributed by atoms with van der Waals surface area (Å²) in [6.07, 6.45) is -2.19. The van der Waals surface area contributed by atoms with Gasteiger partial charge in [-0.05, 0) is 18.2 Å². The summed E-state index contributed by atoms with van der Waals surface area (Å²) in [6.45, 7) is 0. The first-order valence-electron chi connectivity index (χ1n) is 5.55. The van der Waals surface area contributed by atoms with E-state index >= 15 is 0 Å². The monoisotopic (exact) mass is 282 g/mol. The van der Waals surface area contributed by atoms with Crippen LogP contribution in [0.3, 0.4) is 0 Å². The van der Waals surface area contributed by atoms with Gasteiger partial charge in [0.2, 0.25) is 11.9 Å². The first kappa shape index (κ1) is 13.9. The van der Waals surface area contributed by atoms with Crippen LogP contribution in [0.5, 0.6) is 0 Å². The summed E-state index contributed by atoms with van der Waals surface area (Å²) in [6, 6.07) is 5.76. The summed E-state index contributed by atoms with van der Waals surface area (Å²) in [5.41, 5.74) is -0.613. The Bertz CT molecular complexity index is 601. The summed E-state index contributed by atoms with van der Waals surface area (Å²) in [7, 11) is 0. The van der Waals surface area contributed by atoms with Gasteiger partial charge < -0.3 is 0 Å². The second kappa shape index (κ2) is 5.64. The number of nitrogens with one attached hydrogen (secondary N) is 1. The second-order valence-electron chi connectivity index (χ2n) is 3.81. The van der Waals surface area contributed by atoms with Gasteiger partial charge in [0.25, 0.3) is 0 Å². The van der Waals surface area contributed by atoms with Crippen LogP contribution in [0, 0.1) is 0 Å². The molecule has 0 atom stereocenters. The molecule has 0 bridgehead atoms. The molecule has 0 saturated carbocycles. The Kier molecular flexibility index (Phi) is 3.92. The van der Waals surface area contributed by atoms with E-state index in [1.54, 1.807) is 18.2 Å². The van der Waals surface area contributed by atoms with Crippen molar-refractivity contribution in [2.24, 2.45) is 0 Å². The van der Waals surface area contributed by atoms with E-state index in [0.29, 0.717) is 5.69 Å². The lowest BCUT2D eigenvalue weighted by Gasteiger charge is -2.07. The maximum absolute atomic E-state index is 12.4. The first-order valence-corrected chi connectivity index (χ1v) is 5.55.